The van der Waals surface area contributed by atoms with Crippen molar-refractivity contribution in [3.63, 3.8) is 0 Å². The molecule has 3 aromatic rings. The lowest BCUT2D eigenvalue weighted by atomic mass is 9.71. The maximum atomic E-state index is 15.2. The molecule has 2 atom stereocenters. The number of allylic oxidation sites excluding steroid dienone is 3. The first-order valence-electron chi connectivity index (χ1n) is 13.3. The molecule has 1 heterocycles. The number of ketones is 1. The molecule has 5 rings (SSSR count). The number of esters is 1. The van der Waals surface area contributed by atoms with Crippen LogP contribution in [-0.4, -0.2) is 32.6 Å². The Labute approximate surface area is 233 Å². The summed E-state index contributed by atoms with van der Waals surface area (Å²) in [4.78, 5) is 27.3. The van der Waals surface area contributed by atoms with Crippen molar-refractivity contribution in [2.75, 3.05) is 20.8 Å². The lowest BCUT2D eigenvalue weighted by Crippen LogP contribution is -2.36. The highest BCUT2D eigenvalue weighted by Crippen LogP contribution is 2.47. The van der Waals surface area contributed by atoms with E-state index in [1.54, 1.807) is 39.3 Å². The Bertz CT molecular complexity index is 1490. The van der Waals surface area contributed by atoms with Gasteiger partial charge in [-0.05, 0) is 48.6 Å². The maximum Gasteiger partial charge on any atom is 0.336 e. The Morgan fingerprint density at radius 2 is 1.68 bits per heavy atom. The van der Waals surface area contributed by atoms with Gasteiger partial charge in [0.15, 0.2) is 17.3 Å². The molecule has 1 aliphatic heterocycles. The van der Waals surface area contributed by atoms with E-state index in [2.05, 4.69) is 5.32 Å². The van der Waals surface area contributed by atoms with E-state index in [1.165, 1.54) is 6.07 Å². The van der Waals surface area contributed by atoms with Gasteiger partial charge in [-0.2, -0.15) is 0 Å². The van der Waals surface area contributed by atoms with Gasteiger partial charge in [-0.1, -0.05) is 54.6 Å². The van der Waals surface area contributed by atoms with Crippen molar-refractivity contribution in [2.24, 2.45) is 0 Å². The first-order valence-corrected chi connectivity index (χ1v) is 13.3. The monoisotopic (exact) mass is 541 g/mol. The number of nitrogens with one attached hydrogen (secondary N) is 1. The number of rotatable bonds is 8. The Morgan fingerprint density at radius 1 is 0.950 bits per heavy atom. The van der Waals surface area contributed by atoms with Crippen LogP contribution < -0.4 is 14.8 Å². The lowest BCUT2D eigenvalue weighted by molar-refractivity contribution is -0.139. The summed E-state index contributed by atoms with van der Waals surface area (Å²) in [5, 5.41) is 3.32. The zero-order valence-electron chi connectivity index (χ0n) is 22.8. The van der Waals surface area contributed by atoms with E-state index in [1.807, 2.05) is 48.5 Å². The van der Waals surface area contributed by atoms with Crippen molar-refractivity contribution in [1.29, 1.82) is 0 Å². The minimum absolute atomic E-state index is 0.119. The van der Waals surface area contributed by atoms with E-state index in [0.717, 1.165) is 11.1 Å². The van der Waals surface area contributed by atoms with E-state index in [0.29, 0.717) is 41.3 Å². The molecule has 0 amide bonds. The normalized spacial score (nSPS) is 18.6. The second-order valence-electron chi connectivity index (χ2n) is 10.0. The number of methoxy groups -OCH3 is 2. The zero-order chi connectivity index (χ0) is 28.2. The van der Waals surface area contributed by atoms with Crippen molar-refractivity contribution in [3.8, 4) is 11.5 Å². The fourth-order valence-electron chi connectivity index (χ4n) is 5.66. The van der Waals surface area contributed by atoms with Crippen LogP contribution in [0.1, 0.15) is 48.3 Å². The molecule has 1 N–H and O–H groups in total. The van der Waals surface area contributed by atoms with Gasteiger partial charge in [-0.25, -0.2) is 9.18 Å². The molecule has 7 heteroatoms. The number of Topliss-reactive ketones (excluding diaryl/α,β-unsaturated/α-hetero) is 1. The predicted octanol–water partition coefficient (Wildman–Crippen LogP) is 5.99. The number of carbonyl (C=O) groups is 2. The number of benzene rings is 3. The molecule has 0 saturated carbocycles. The number of halogens is 1. The molecule has 0 spiro atoms. The van der Waals surface area contributed by atoms with Crippen molar-refractivity contribution in [3.05, 3.63) is 118 Å². The molecule has 206 valence electrons. The van der Waals surface area contributed by atoms with E-state index >= 15 is 4.39 Å². The van der Waals surface area contributed by atoms with Crippen LogP contribution in [0.5, 0.6) is 11.5 Å². The van der Waals surface area contributed by atoms with Gasteiger partial charge < -0.3 is 19.5 Å². The quantitative estimate of drug-likeness (QED) is 0.353. The Morgan fingerprint density at radius 3 is 2.40 bits per heavy atom. The molecule has 0 bridgehead atoms. The number of hydrogen-bond acceptors (Lipinski definition) is 6. The van der Waals surface area contributed by atoms with Crippen LogP contribution >= 0.6 is 0 Å². The van der Waals surface area contributed by atoms with Crippen molar-refractivity contribution in [2.45, 2.75) is 38.0 Å². The maximum absolute atomic E-state index is 15.2. The molecule has 40 heavy (non-hydrogen) atoms. The van der Waals surface area contributed by atoms with E-state index < -0.39 is 17.7 Å². The summed E-state index contributed by atoms with van der Waals surface area (Å²) >= 11 is 0. The zero-order valence-corrected chi connectivity index (χ0v) is 22.8. The average Bonchev–Trinajstić information content (AvgIpc) is 2.96. The summed E-state index contributed by atoms with van der Waals surface area (Å²) in [6.07, 6.45) is 1.29. The van der Waals surface area contributed by atoms with Gasteiger partial charge in [0, 0.05) is 35.4 Å². The van der Waals surface area contributed by atoms with Crippen molar-refractivity contribution in [1.82, 2.24) is 5.32 Å². The van der Waals surface area contributed by atoms with Crippen molar-refractivity contribution >= 4 is 11.8 Å². The highest BCUT2D eigenvalue weighted by Gasteiger charge is 2.42. The summed E-state index contributed by atoms with van der Waals surface area (Å²) < 4.78 is 31.8. The molecule has 6 nitrogen and oxygen atoms in total. The largest absolute Gasteiger partial charge is 0.493 e. The van der Waals surface area contributed by atoms with Gasteiger partial charge in [0.2, 0.25) is 0 Å². The molecule has 2 aliphatic rings. The van der Waals surface area contributed by atoms with Crippen LogP contribution in [0.4, 0.5) is 4.39 Å². The first kappa shape index (κ1) is 27.2. The molecule has 0 fully saturated rings. The number of carbonyl (C=O) groups excluding carboxylic acids is 2. The SMILES string of the molecule is COc1ccc([C@H]2CC(=O)C3=C(C2)NC(C)=C(C(=O)OCCc2ccccc2)[C@@H]3c2ccccc2F)cc1OC. The Kier molecular flexibility index (Phi) is 8.01. The van der Waals surface area contributed by atoms with Gasteiger partial charge in [-0.3, -0.25) is 4.79 Å². The summed E-state index contributed by atoms with van der Waals surface area (Å²) in [5.41, 5.74) is 4.19. The van der Waals surface area contributed by atoms with Gasteiger partial charge >= 0.3 is 5.97 Å². The summed E-state index contributed by atoms with van der Waals surface area (Å²) in [5.74, 6) is -0.951. The molecule has 1 aliphatic carbocycles. The second kappa shape index (κ2) is 11.8. The molecule has 3 aromatic carbocycles. The number of dihydropyridines is 1. The van der Waals surface area contributed by atoms with Crippen LogP contribution in [0.2, 0.25) is 0 Å². The predicted molar refractivity (Wildman–Crippen MR) is 150 cm³/mol. The minimum atomic E-state index is -0.861. The lowest BCUT2D eigenvalue weighted by Gasteiger charge is -2.36. The molecule has 0 saturated heterocycles. The van der Waals surface area contributed by atoms with Gasteiger partial charge in [0.25, 0.3) is 0 Å². The van der Waals surface area contributed by atoms with E-state index in [4.69, 9.17) is 14.2 Å². The van der Waals surface area contributed by atoms with E-state index in [9.17, 15) is 9.59 Å². The smallest absolute Gasteiger partial charge is 0.336 e. The molecule has 0 unspecified atom stereocenters. The van der Waals surface area contributed by atoms with Gasteiger partial charge in [-0.15, -0.1) is 0 Å². The highest BCUT2D eigenvalue weighted by molar-refractivity contribution is 6.04. The Hall–Kier alpha value is -4.39. The summed E-state index contributed by atoms with van der Waals surface area (Å²) in [7, 11) is 3.15. The highest BCUT2D eigenvalue weighted by atomic mass is 19.1. The third kappa shape index (κ3) is 5.37. The summed E-state index contributed by atoms with van der Waals surface area (Å²) in [6.45, 7) is 1.95. The standard InChI is InChI=1S/C33H32FNO5/c1-20-30(33(37)40-16-15-21-9-5-4-6-10-21)31(24-11-7-8-12-25(24)34)32-26(35-20)17-23(18-27(32)36)22-13-14-28(38-2)29(19-22)39-3/h4-14,19,23,31,35H,15-18H2,1-3H3/t23-,31+/m1/s1. The average molecular weight is 542 g/mol. The summed E-state index contributed by atoms with van der Waals surface area (Å²) in [6, 6.07) is 21.7. The van der Waals surface area contributed by atoms with E-state index in [-0.39, 0.29) is 35.9 Å². The molecular formula is C33H32FNO5. The third-order valence-electron chi connectivity index (χ3n) is 7.61. The first-order chi connectivity index (χ1) is 19.4. The molecule has 0 radical (unpaired) electrons. The van der Waals surface area contributed by atoms with Crippen LogP contribution in [-0.2, 0) is 20.7 Å². The van der Waals surface area contributed by atoms with Crippen LogP contribution in [0, 0.1) is 5.82 Å². The third-order valence-corrected chi connectivity index (χ3v) is 7.61. The Balaban J connectivity index is 1.47. The topological polar surface area (TPSA) is 73.9 Å². The molecule has 0 aromatic heterocycles. The van der Waals surface area contributed by atoms with Crippen LogP contribution in [0.15, 0.2) is 95.3 Å². The number of hydrogen-bond donors (Lipinski definition) is 1. The minimum Gasteiger partial charge on any atom is -0.493 e. The van der Waals surface area contributed by atoms with Gasteiger partial charge in [0.1, 0.15) is 5.82 Å². The fourth-order valence-corrected chi connectivity index (χ4v) is 5.66. The number of ether oxygens (including phenoxy) is 3. The fraction of sp³-hybridized carbons (Fsp3) is 0.273. The van der Waals surface area contributed by atoms with Crippen LogP contribution in [0.3, 0.4) is 0 Å². The van der Waals surface area contributed by atoms with Crippen molar-refractivity contribution < 1.29 is 28.2 Å². The van der Waals surface area contributed by atoms with Gasteiger partial charge in [0.05, 0.1) is 32.3 Å². The molecular weight excluding hydrogens is 509 g/mol. The van der Waals surface area contributed by atoms with Crippen LogP contribution in [0.25, 0.3) is 0 Å². The second-order valence-corrected chi connectivity index (χ2v) is 10.0.